The van der Waals surface area contributed by atoms with Crippen LogP contribution in [0, 0.1) is 5.92 Å². The normalized spacial score (nSPS) is 24.3. The van der Waals surface area contributed by atoms with E-state index >= 15 is 0 Å². The van der Waals surface area contributed by atoms with Crippen LogP contribution in [0.2, 0.25) is 0 Å². The highest BCUT2D eigenvalue weighted by atomic mass is 16.3. The molecule has 0 aromatic rings. The Labute approximate surface area is 68.2 Å². The molecule has 0 bridgehead atoms. The predicted octanol–water partition coefficient (Wildman–Crippen LogP) is -0.432. The second kappa shape index (κ2) is 5.52. The van der Waals surface area contributed by atoms with Crippen molar-refractivity contribution in [1.82, 2.24) is 10.6 Å². The summed E-state index contributed by atoms with van der Waals surface area (Å²) < 4.78 is 0. The molecule has 3 heteroatoms. The van der Waals surface area contributed by atoms with Crippen molar-refractivity contribution in [2.75, 3.05) is 32.8 Å². The van der Waals surface area contributed by atoms with Crippen LogP contribution in [0.25, 0.3) is 0 Å². The molecule has 1 aliphatic heterocycles. The van der Waals surface area contributed by atoms with Crippen molar-refractivity contribution in [3.05, 3.63) is 0 Å². The fourth-order valence-electron chi connectivity index (χ4n) is 1.47. The van der Waals surface area contributed by atoms with Crippen molar-refractivity contribution in [3.63, 3.8) is 0 Å². The Morgan fingerprint density at radius 1 is 1.45 bits per heavy atom. The molecule has 3 nitrogen and oxygen atoms in total. The zero-order valence-corrected chi connectivity index (χ0v) is 6.97. The molecule has 1 aliphatic rings. The zero-order chi connectivity index (χ0) is 7.94. The second-order valence-corrected chi connectivity index (χ2v) is 3.12. The van der Waals surface area contributed by atoms with Crippen LogP contribution in [0.3, 0.4) is 0 Å². The smallest absolute Gasteiger partial charge is 0.0555 e. The molecule has 0 amide bonds. The van der Waals surface area contributed by atoms with Crippen LogP contribution in [0.5, 0.6) is 0 Å². The van der Waals surface area contributed by atoms with Crippen molar-refractivity contribution in [2.24, 2.45) is 5.92 Å². The molecule has 0 aliphatic carbocycles. The maximum atomic E-state index is 8.48. The van der Waals surface area contributed by atoms with Gasteiger partial charge in [-0.15, -0.1) is 0 Å². The van der Waals surface area contributed by atoms with Crippen LogP contribution in [-0.4, -0.2) is 37.9 Å². The molecule has 0 saturated carbocycles. The van der Waals surface area contributed by atoms with Crippen LogP contribution < -0.4 is 10.6 Å². The summed E-state index contributed by atoms with van der Waals surface area (Å²) in [5.41, 5.74) is 0. The fourth-order valence-corrected chi connectivity index (χ4v) is 1.47. The van der Waals surface area contributed by atoms with E-state index in [2.05, 4.69) is 10.6 Å². The average Bonchev–Trinajstić information content (AvgIpc) is 2.50. The summed E-state index contributed by atoms with van der Waals surface area (Å²) in [5.74, 6) is 0.862. The Bertz CT molecular complexity index is 92.1. The number of nitrogens with one attached hydrogen (secondary N) is 2. The van der Waals surface area contributed by atoms with E-state index < -0.39 is 0 Å². The van der Waals surface area contributed by atoms with E-state index in [9.17, 15) is 0 Å². The van der Waals surface area contributed by atoms with E-state index in [1.54, 1.807) is 0 Å². The highest BCUT2D eigenvalue weighted by molar-refractivity contribution is 4.71. The standard InChI is InChI=1S/C8H18N2O/c11-6-5-9-3-1-8-2-4-10-7-8/h8-11H,1-7H2. The SMILES string of the molecule is OCCNCCC1CCNC1. The molecular weight excluding hydrogens is 140 g/mol. The van der Waals surface area contributed by atoms with Crippen molar-refractivity contribution in [1.29, 1.82) is 0 Å². The van der Waals surface area contributed by atoms with Gasteiger partial charge >= 0.3 is 0 Å². The molecule has 1 fully saturated rings. The zero-order valence-electron chi connectivity index (χ0n) is 6.97. The highest BCUT2D eigenvalue weighted by Crippen LogP contribution is 2.10. The van der Waals surface area contributed by atoms with Crippen molar-refractivity contribution in [3.8, 4) is 0 Å². The summed E-state index contributed by atoms with van der Waals surface area (Å²) in [6, 6.07) is 0. The third-order valence-corrected chi connectivity index (χ3v) is 2.18. The number of hydrogen-bond donors (Lipinski definition) is 3. The first-order valence-corrected chi connectivity index (χ1v) is 4.46. The van der Waals surface area contributed by atoms with E-state index in [0.29, 0.717) is 0 Å². The molecule has 3 N–H and O–H groups in total. The van der Waals surface area contributed by atoms with Crippen molar-refractivity contribution < 1.29 is 5.11 Å². The van der Waals surface area contributed by atoms with Gasteiger partial charge in [-0.3, -0.25) is 0 Å². The van der Waals surface area contributed by atoms with E-state index in [0.717, 1.165) is 19.0 Å². The molecule has 0 aromatic heterocycles. The minimum absolute atomic E-state index is 0.253. The number of rotatable bonds is 5. The number of aliphatic hydroxyl groups is 1. The maximum absolute atomic E-state index is 8.48. The van der Waals surface area contributed by atoms with Crippen LogP contribution >= 0.6 is 0 Å². The molecule has 0 aromatic carbocycles. The Morgan fingerprint density at radius 3 is 3.00 bits per heavy atom. The third kappa shape index (κ3) is 3.70. The molecule has 11 heavy (non-hydrogen) atoms. The quantitative estimate of drug-likeness (QED) is 0.476. The van der Waals surface area contributed by atoms with Gasteiger partial charge in [-0.1, -0.05) is 0 Å². The molecule has 1 rings (SSSR count). The molecule has 0 spiro atoms. The van der Waals surface area contributed by atoms with Crippen LogP contribution in [0.4, 0.5) is 0 Å². The molecule has 1 heterocycles. The lowest BCUT2D eigenvalue weighted by Gasteiger charge is -2.07. The van der Waals surface area contributed by atoms with Gasteiger partial charge in [0.25, 0.3) is 0 Å². The molecular formula is C8H18N2O. The molecule has 66 valence electrons. The minimum Gasteiger partial charge on any atom is -0.395 e. The summed E-state index contributed by atoms with van der Waals surface area (Å²) in [4.78, 5) is 0. The summed E-state index contributed by atoms with van der Waals surface area (Å²) >= 11 is 0. The lowest BCUT2D eigenvalue weighted by Crippen LogP contribution is -2.22. The van der Waals surface area contributed by atoms with Crippen LogP contribution in [-0.2, 0) is 0 Å². The van der Waals surface area contributed by atoms with E-state index in [4.69, 9.17) is 5.11 Å². The van der Waals surface area contributed by atoms with Gasteiger partial charge in [0.15, 0.2) is 0 Å². The first-order valence-electron chi connectivity index (χ1n) is 4.46. The van der Waals surface area contributed by atoms with Gasteiger partial charge in [0.2, 0.25) is 0 Å². The maximum Gasteiger partial charge on any atom is 0.0555 e. The second-order valence-electron chi connectivity index (χ2n) is 3.12. The Morgan fingerprint density at radius 2 is 2.36 bits per heavy atom. The van der Waals surface area contributed by atoms with E-state index in [1.807, 2.05) is 0 Å². The van der Waals surface area contributed by atoms with Gasteiger partial charge in [0.05, 0.1) is 6.61 Å². The summed E-state index contributed by atoms with van der Waals surface area (Å²) in [7, 11) is 0. The van der Waals surface area contributed by atoms with Gasteiger partial charge in [-0.25, -0.2) is 0 Å². The first-order chi connectivity index (χ1) is 5.43. The highest BCUT2D eigenvalue weighted by Gasteiger charge is 2.12. The van der Waals surface area contributed by atoms with Gasteiger partial charge < -0.3 is 15.7 Å². The first kappa shape index (κ1) is 8.97. The Hall–Kier alpha value is -0.120. The lowest BCUT2D eigenvalue weighted by molar-refractivity contribution is 0.290. The average molecular weight is 158 g/mol. The van der Waals surface area contributed by atoms with Crippen molar-refractivity contribution >= 4 is 0 Å². The lowest BCUT2D eigenvalue weighted by atomic mass is 10.1. The van der Waals surface area contributed by atoms with Gasteiger partial charge in [0, 0.05) is 6.54 Å². The molecule has 1 atom stereocenters. The molecule has 1 unspecified atom stereocenters. The van der Waals surface area contributed by atoms with E-state index in [1.165, 1.54) is 25.9 Å². The minimum atomic E-state index is 0.253. The van der Waals surface area contributed by atoms with Gasteiger partial charge in [-0.2, -0.15) is 0 Å². The Kier molecular flexibility index (Phi) is 4.50. The van der Waals surface area contributed by atoms with Crippen LogP contribution in [0.15, 0.2) is 0 Å². The Balaban J connectivity index is 1.86. The summed E-state index contributed by atoms with van der Waals surface area (Å²) in [6.45, 7) is 4.40. The number of hydrogen-bond acceptors (Lipinski definition) is 3. The monoisotopic (exact) mass is 158 g/mol. The molecule has 0 radical (unpaired) electrons. The van der Waals surface area contributed by atoms with Crippen LogP contribution in [0.1, 0.15) is 12.8 Å². The largest absolute Gasteiger partial charge is 0.395 e. The van der Waals surface area contributed by atoms with Gasteiger partial charge in [-0.05, 0) is 38.4 Å². The summed E-state index contributed by atoms with van der Waals surface area (Å²) in [6.07, 6.45) is 2.56. The third-order valence-electron chi connectivity index (χ3n) is 2.18. The molecule has 1 saturated heterocycles. The van der Waals surface area contributed by atoms with Crippen molar-refractivity contribution in [2.45, 2.75) is 12.8 Å². The van der Waals surface area contributed by atoms with Gasteiger partial charge in [0.1, 0.15) is 0 Å². The summed E-state index contributed by atoms with van der Waals surface area (Å²) in [5, 5.41) is 15.0. The topological polar surface area (TPSA) is 44.3 Å². The predicted molar refractivity (Wildman–Crippen MR) is 45.5 cm³/mol. The van der Waals surface area contributed by atoms with E-state index in [-0.39, 0.29) is 6.61 Å². The fraction of sp³-hybridized carbons (Fsp3) is 1.00. The number of aliphatic hydroxyl groups excluding tert-OH is 1.